The fourth-order valence-corrected chi connectivity index (χ4v) is 6.56. The molecule has 0 atom stereocenters. The Morgan fingerprint density at radius 1 is 0.500 bits per heavy atom. The minimum Gasteiger partial charge on any atom is -0.309 e. The molecule has 0 fully saturated rings. The van der Waals surface area contributed by atoms with Gasteiger partial charge in [0.1, 0.15) is 0 Å². The summed E-state index contributed by atoms with van der Waals surface area (Å²) in [5, 5.41) is 4.03. The van der Waals surface area contributed by atoms with Crippen molar-refractivity contribution in [3.05, 3.63) is 150 Å². The van der Waals surface area contributed by atoms with Crippen molar-refractivity contribution in [1.29, 1.82) is 0 Å². The summed E-state index contributed by atoms with van der Waals surface area (Å²) < 4.78 is 14.8. The lowest BCUT2D eigenvalue weighted by molar-refractivity contribution is 0.592. The van der Waals surface area contributed by atoms with Gasteiger partial charge >= 0.3 is 0 Å². The van der Waals surface area contributed by atoms with Crippen molar-refractivity contribution >= 4 is 34.1 Å². The molecule has 0 aliphatic carbocycles. The molecule has 0 aliphatic heterocycles. The summed E-state index contributed by atoms with van der Waals surface area (Å²) in [4.78, 5) is 0. The molecule has 5 rings (SSSR count). The third kappa shape index (κ3) is 3.96. The van der Waals surface area contributed by atoms with E-state index < -0.39 is 7.14 Å². The van der Waals surface area contributed by atoms with Crippen LogP contribution in [0.1, 0.15) is 11.1 Å². The quantitative estimate of drug-likeness (QED) is 0.269. The van der Waals surface area contributed by atoms with Crippen LogP contribution in [0.3, 0.4) is 0 Å². The van der Waals surface area contributed by atoms with E-state index in [1.807, 2.05) is 84.7 Å². The standard InChI is InChI=1S/C30H23OP/c31-32(28-16-6-2-7-17-28,29-18-8-3-9-19-29)23-30(25-13-4-1-5-14-25)27-21-20-24-12-10-11-15-26(24)22-27/h1-23H/b30-23+. The summed E-state index contributed by atoms with van der Waals surface area (Å²) in [6.07, 6.45) is 0. The molecule has 154 valence electrons. The molecule has 0 heterocycles. The molecule has 2 heteroatoms. The van der Waals surface area contributed by atoms with Crippen LogP contribution in [0, 0.1) is 0 Å². The van der Waals surface area contributed by atoms with Gasteiger partial charge in [0.05, 0.1) is 0 Å². The zero-order valence-electron chi connectivity index (χ0n) is 17.6. The second-order valence-corrected chi connectivity index (χ2v) is 10.4. The highest BCUT2D eigenvalue weighted by atomic mass is 31.2. The molecular formula is C30H23OP. The lowest BCUT2D eigenvalue weighted by Crippen LogP contribution is -2.14. The molecular weight excluding hydrogens is 407 g/mol. The van der Waals surface area contributed by atoms with Crippen molar-refractivity contribution in [2.24, 2.45) is 0 Å². The van der Waals surface area contributed by atoms with Gasteiger partial charge < -0.3 is 4.57 Å². The highest BCUT2D eigenvalue weighted by molar-refractivity contribution is 7.81. The smallest absolute Gasteiger partial charge is 0.164 e. The fourth-order valence-electron chi connectivity index (χ4n) is 4.07. The summed E-state index contributed by atoms with van der Waals surface area (Å²) >= 11 is 0. The lowest BCUT2D eigenvalue weighted by Gasteiger charge is -2.19. The third-order valence-corrected chi connectivity index (χ3v) is 8.49. The minimum atomic E-state index is -3.03. The molecule has 5 aromatic rings. The van der Waals surface area contributed by atoms with Gasteiger partial charge in [0.25, 0.3) is 0 Å². The zero-order chi connectivity index (χ0) is 21.8. The van der Waals surface area contributed by atoms with E-state index in [9.17, 15) is 4.57 Å². The fraction of sp³-hybridized carbons (Fsp3) is 0. The average molecular weight is 430 g/mol. The maximum Gasteiger partial charge on any atom is 0.164 e. The van der Waals surface area contributed by atoms with Crippen LogP contribution in [0.25, 0.3) is 16.3 Å². The van der Waals surface area contributed by atoms with E-state index in [-0.39, 0.29) is 0 Å². The Bertz CT molecular complexity index is 1380. The number of hydrogen-bond donors (Lipinski definition) is 0. The van der Waals surface area contributed by atoms with Crippen LogP contribution in [0.5, 0.6) is 0 Å². The predicted octanol–water partition coefficient (Wildman–Crippen LogP) is 7.24. The normalized spacial score (nSPS) is 12.1. The molecule has 0 bridgehead atoms. The van der Waals surface area contributed by atoms with Crippen molar-refractivity contribution in [1.82, 2.24) is 0 Å². The molecule has 0 aromatic heterocycles. The number of rotatable bonds is 5. The Morgan fingerprint density at radius 2 is 1.00 bits per heavy atom. The maximum absolute atomic E-state index is 14.8. The molecule has 0 spiro atoms. The van der Waals surface area contributed by atoms with Gasteiger partial charge in [0.2, 0.25) is 0 Å². The van der Waals surface area contributed by atoms with E-state index in [0.717, 1.165) is 27.3 Å². The van der Waals surface area contributed by atoms with E-state index >= 15 is 0 Å². The molecule has 1 nitrogen and oxygen atoms in total. The molecule has 0 radical (unpaired) electrons. The van der Waals surface area contributed by atoms with E-state index in [1.54, 1.807) is 0 Å². The summed E-state index contributed by atoms with van der Waals surface area (Å²) in [6, 6.07) is 44.6. The Balaban J connectivity index is 1.79. The SMILES string of the molecule is O=P(/C=C(\c1ccccc1)c1ccc2ccccc2c1)(c1ccccc1)c1ccccc1. The molecule has 32 heavy (non-hydrogen) atoms. The van der Waals surface area contributed by atoms with E-state index in [4.69, 9.17) is 0 Å². The van der Waals surface area contributed by atoms with E-state index in [1.165, 1.54) is 10.8 Å². The summed E-state index contributed by atoms with van der Waals surface area (Å²) in [5.74, 6) is 2.00. The van der Waals surface area contributed by atoms with Crippen molar-refractivity contribution in [2.45, 2.75) is 0 Å². The first-order valence-corrected chi connectivity index (χ1v) is 12.5. The van der Waals surface area contributed by atoms with Crippen LogP contribution in [0.15, 0.2) is 139 Å². The Hall–Kier alpha value is -3.67. The van der Waals surface area contributed by atoms with Gasteiger partial charge in [-0.1, -0.05) is 127 Å². The second kappa shape index (κ2) is 8.83. The number of benzene rings is 5. The molecule has 0 saturated heterocycles. The molecule has 0 N–H and O–H groups in total. The predicted molar refractivity (Wildman–Crippen MR) is 137 cm³/mol. The molecule has 0 saturated carbocycles. The Labute approximate surface area is 189 Å². The molecule has 0 unspecified atom stereocenters. The van der Waals surface area contributed by atoms with Crippen LogP contribution in [-0.4, -0.2) is 0 Å². The van der Waals surface area contributed by atoms with Gasteiger partial charge in [-0.15, -0.1) is 0 Å². The number of fused-ring (bicyclic) bond motifs is 1. The topological polar surface area (TPSA) is 17.1 Å². The summed E-state index contributed by atoms with van der Waals surface area (Å²) in [6.45, 7) is 0. The van der Waals surface area contributed by atoms with Gasteiger partial charge in [0.15, 0.2) is 7.14 Å². The van der Waals surface area contributed by atoms with Crippen LogP contribution >= 0.6 is 7.14 Å². The molecule has 0 aliphatic rings. The Morgan fingerprint density at radius 3 is 1.59 bits per heavy atom. The first kappa shape index (κ1) is 20.2. The van der Waals surface area contributed by atoms with Gasteiger partial charge in [0, 0.05) is 10.6 Å². The van der Waals surface area contributed by atoms with Gasteiger partial charge in [-0.3, -0.25) is 0 Å². The molecule has 5 aromatic carbocycles. The summed E-state index contributed by atoms with van der Waals surface area (Å²) in [5.41, 5.74) is 3.09. The lowest BCUT2D eigenvalue weighted by atomic mass is 9.97. The zero-order valence-corrected chi connectivity index (χ0v) is 18.5. The van der Waals surface area contributed by atoms with Crippen LogP contribution < -0.4 is 10.6 Å². The average Bonchev–Trinajstić information content (AvgIpc) is 2.88. The molecule has 0 amide bonds. The highest BCUT2D eigenvalue weighted by Gasteiger charge is 2.26. The van der Waals surface area contributed by atoms with Crippen molar-refractivity contribution in [2.75, 3.05) is 0 Å². The third-order valence-electron chi connectivity index (χ3n) is 5.74. The van der Waals surface area contributed by atoms with Gasteiger partial charge in [-0.2, -0.15) is 0 Å². The number of hydrogen-bond acceptors (Lipinski definition) is 1. The van der Waals surface area contributed by atoms with Crippen molar-refractivity contribution < 1.29 is 4.57 Å². The first-order valence-electron chi connectivity index (χ1n) is 10.7. The first-order chi connectivity index (χ1) is 15.7. The minimum absolute atomic E-state index is 0.834. The Kier molecular flexibility index (Phi) is 5.58. The van der Waals surface area contributed by atoms with E-state index in [2.05, 4.69) is 54.6 Å². The van der Waals surface area contributed by atoms with Crippen LogP contribution in [-0.2, 0) is 4.57 Å². The van der Waals surface area contributed by atoms with Crippen LogP contribution in [0.4, 0.5) is 0 Å². The maximum atomic E-state index is 14.8. The van der Waals surface area contributed by atoms with Gasteiger partial charge in [-0.05, 0) is 39.4 Å². The van der Waals surface area contributed by atoms with E-state index in [0.29, 0.717) is 0 Å². The van der Waals surface area contributed by atoms with Crippen molar-refractivity contribution in [3.8, 4) is 0 Å². The van der Waals surface area contributed by atoms with Crippen LogP contribution in [0.2, 0.25) is 0 Å². The largest absolute Gasteiger partial charge is 0.309 e. The summed E-state index contributed by atoms with van der Waals surface area (Å²) in [7, 11) is -3.03. The monoisotopic (exact) mass is 430 g/mol. The second-order valence-electron chi connectivity index (χ2n) is 7.80. The highest BCUT2D eigenvalue weighted by Crippen LogP contribution is 2.48. The van der Waals surface area contributed by atoms with Gasteiger partial charge in [-0.25, -0.2) is 0 Å². The van der Waals surface area contributed by atoms with Crippen molar-refractivity contribution in [3.63, 3.8) is 0 Å².